The monoisotopic (exact) mass is 282 g/mol. The van der Waals surface area contributed by atoms with Gasteiger partial charge in [-0.1, -0.05) is 24.3 Å². The van der Waals surface area contributed by atoms with E-state index in [2.05, 4.69) is 41.5 Å². The van der Waals surface area contributed by atoms with Crippen molar-refractivity contribution in [1.82, 2.24) is 10.3 Å². The molecule has 0 aliphatic heterocycles. The zero-order chi connectivity index (χ0) is 14.7. The van der Waals surface area contributed by atoms with Gasteiger partial charge in [0.1, 0.15) is 5.82 Å². The summed E-state index contributed by atoms with van der Waals surface area (Å²) in [5.41, 5.74) is 3.61. The van der Waals surface area contributed by atoms with Crippen molar-refractivity contribution in [1.29, 1.82) is 0 Å². The van der Waals surface area contributed by atoms with Crippen LogP contribution in [0, 0.1) is 5.82 Å². The van der Waals surface area contributed by atoms with Gasteiger partial charge >= 0.3 is 0 Å². The fourth-order valence-electron chi connectivity index (χ4n) is 2.64. The van der Waals surface area contributed by atoms with E-state index < -0.39 is 0 Å². The Hall–Kier alpha value is -2.13. The second kappa shape index (κ2) is 6.10. The van der Waals surface area contributed by atoms with Gasteiger partial charge in [-0.15, -0.1) is 0 Å². The van der Waals surface area contributed by atoms with Gasteiger partial charge in [0.15, 0.2) is 0 Å². The maximum atomic E-state index is 12.9. The summed E-state index contributed by atoms with van der Waals surface area (Å²) in [6.07, 6.45) is 2.86. The minimum absolute atomic E-state index is 0.182. The first-order valence-electron chi connectivity index (χ1n) is 7.25. The summed E-state index contributed by atoms with van der Waals surface area (Å²) in [7, 11) is 0. The molecule has 0 fully saturated rings. The van der Waals surface area contributed by atoms with Crippen LogP contribution >= 0.6 is 0 Å². The van der Waals surface area contributed by atoms with Crippen LogP contribution in [0.1, 0.15) is 18.1 Å². The van der Waals surface area contributed by atoms with E-state index in [1.54, 1.807) is 0 Å². The summed E-state index contributed by atoms with van der Waals surface area (Å²) in [5, 5.41) is 4.80. The molecule has 0 aliphatic rings. The summed E-state index contributed by atoms with van der Waals surface area (Å²) in [5.74, 6) is -0.182. The highest BCUT2D eigenvalue weighted by atomic mass is 19.1. The molecule has 0 aliphatic carbocycles. The lowest BCUT2D eigenvalue weighted by Crippen LogP contribution is -2.27. The van der Waals surface area contributed by atoms with E-state index in [0.717, 1.165) is 18.5 Å². The first kappa shape index (κ1) is 13.8. The minimum Gasteiger partial charge on any atom is -0.361 e. The number of halogens is 1. The average Bonchev–Trinajstić information content (AvgIpc) is 2.96. The van der Waals surface area contributed by atoms with Crippen molar-refractivity contribution in [2.24, 2.45) is 0 Å². The van der Waals surface area contributed by atoms with Crippen molar-refractivity contribution in [3.8, 4) is 0 Å². The molecule has 1 atom stereocenters. The van der Waals surface area contributed by atoms with Gasteiger partial charge in [0.2, 0.25) is 0 Å². The van der Waals surface area contributed by atoms with Crippen molar-refractivity contribution in [3.05, 3.63) is 71.7 Å². The lowest BCUT2D eigenvalue weighted by molar-refractivity contribution is 0.546. The molecule has 0 saturated carbocycles. The van der Waals surface area contributed by atoms with E-state index in [1.165, 1.54) is 28.6 Å². The van der Waals surface area contributed by atoms with Crippen molar-refractivity contribution in [2.75, 3.05) is 0 Å². The number of H-pyrrole nitrogens is 1. The molecule has 0 radical (unpaired) electrons. The van der Waals surface area contributed by atoms with Crippen LogP contribution in [0.25, 0.3) is 10.9 Å². The predicted molar refractivity (Wildman–Crippen MR) is 84.7 cm³/mol. The molecule has 21 heavy (non-hydrogen) atoms. The normalized spacial score (nSPS) is 12.7. The molecule has 1 unspecified atom stereocenters. The quantitative estimate of drug-likeness (QED) is 0.726. The van der Waals surface area contributed by atoms with Crippen LogP contribution in [0.15, 0.2) is 54.7 Å². The summed E-state index contributed by atoms with van der Waals surface area (Å²) in [4.78, 5) is 3.23. The molecule has 0 spiro atoms. The number of hydrogen-bond acceptors (Lipinski definition) is 1. The third-order valence-electron chi connectivity index (χ3n) is 3.78. The minimum atomic E-state index is -0.182. The summed E-state index contributed by atoms with van der Waals surface area (Å²) < 4.78 is 12.9. The first-order chi connectivity index (χ1) is 10.2. The van der Waals surface area contributed by atoms with E-state index in [1.807, 2.05) is 18.3 Å². The van der Waals surface area contributed by atoms with Crippen LogP contribution in [-0.4, -0.2) is 11.0 Å². The van der Waals surface area contributed by atoms with Crippen molar-refractivity contribution < 1.29 is 4.39 Å². The van der Waals surface area contributed by atoms with Crippen molar-refractivity contribution in [2.45, 2.75) is 25.9 Å². The Kier molecular flexibility index (Phi) is 4.02. The Balaban J connectivity index is 1.62. The maximum absolute atomic E-state index is 12.9. The predicted octanol–water partition coefficient (Wildman–Crippen LogP) is 4.03. The van der Waals surface area contributed by atoms with E-state index in [4.69, 9.17) is 0 Å². The summed E-state index contributed by atoms with van der Waals surface area (Å²) in [6.45, 7) is 2.98. The molecular formula is C18H19FN2. The highest BCUT2D eigenvalue weighted by Gasteiger charge is 2.06. The standard InChI is InChI=1S/C18H19FN2/c1-13(11-14-5-7-16(19)8-6-14)21-12-15-3-2-4-18-17(15)9-10-20-18/h2-10,13,20-21H,11-12H2,1H3. The fourth-order valence-corrected chi connectivity index (χ4v) is 2.64. The van der Waals surface area contributed by atoms with Crippen LogP contribution in [0.5, 0.6) is 0 Å². The summed E-state index contributed by atoms with van der Waals surface area (Å²) in [6, 6.07) is 15.5. The van der Waals surface area contributed by atoms with Crippen LogP contribution in [0.2, 0.25) is 0 Å². The number of nitrogens with one attached hydrogen (secondary N) is 2. The van der Waals surface area contributed by atoms with Crippen LogP contribution in [0.4, 0.5) is 4.39 Å². The van der Waals surface area contributed by atoms with Gasteiger partial charge in [-0.3, -0.25) is 0 Å². The van der Waals surface area contributed by atoms with Gasteiger partial charge in [-0.2, -0.15) is 0 Å². The third kappa shape index (κ3) is 3.31. The number of aromatic amines is 1. The van der Waals surface area contributed by atoms with Crippen LogP contribution < -0.4 is 5.32 Å². The van der Waals surface area contributed by atoms with Gasteiger partial charge in [0.25, 0.3) is 0 Å². The largest absolute Gasteiger partial charge is 0.361 e. The number of rotatable bonds is 5. The lowest BCUT2D eigenvalue weighted by atomic mass is 10.1. The third-order valence-corrected chi connectivity index (χ3v) is 3.78. The molecule has 2 aromatic carbocycles. The molecule has 3 rings (SSSR count). The molecule has 1 heterocycles. The maximum Gasteiger partial charge on any atom is 0.123 e. The SMILES string of the molecule is CC(Cc1ccc(F)cc1)NCc1cccc2[nH]ccc12. The summed E-state index contributed by atoms with van der Waals surface area (Å²) >= 11 is 0. The smallest absolute Gasteiger partial charge is 0.123 e. The highest BCUT2D eigenvalue weighted by molar-refractivity contribution is 5.82. The number of hydrogen-bond donors (Lipinski definition) is 2. The number of benzene rings is 2. The molecule has 2 nitrogen and oxygen atoms in total. The van der Waals surface area contributed by atoms with Crippen LogP contribution in [0.3, 0.4) is 0 Å². The molecule has 1 aromatic heterocycles. The van der Waals surface area contributed by atoms with Gasteiger partial charge in [0, 0.05) is 29.7 Å². The molecule has 0 bridgehead atoms. The van der Waals surface area contributed by atoms with Gasteiger partial charge in [0.05, 0.1) is 0 Å². The molecular weight excluding hydrogens is 263 g/mol. The molecule has 0 saturated heterocycles. The molecule has 3 aromatic rings. The van der Waals surface area contributed by atoms with Crippen LogP contribution in [-0.2, 0) is 13.0 Å². The topological polar surface area (TPSA) is 27.8 Å². The highest BCUT2D eigenvalue weighted by Crippen LogP contribution is 2.17. The van der Waals surface area contributed by atoms with E-state index in [9.17, 15) is 4.39 Å². The Morgan fingerprint density at radius 1 is 1.10 bits per heavy atom. The van der Waals surface area contributed by atoms with E-state index in [0.29, 0.717) is 6.04 Å². The fraction of sp³-hybridized carbons (Fsp3) is 0.222. The number of fused-ring (bicyclic) bond motifs is 1. The number of aromatic nitrogens is 1. The Bertz CT molecular complexity index is 715. The molecule has 2 N–H and O–H groups in total. The van der Waals surface area contributed by atoms with Crippen molar-refractivity contribution >= 4 is 10.9 Å². The second-order valence-electron chi connectivity index (χ2n) is 5.47. The molecule has 0 amide bonds. The van der Waals surface area contributed by atoms with Gasteiger partial charge < -0.3 is 10.3 Å². The Morgan fingerprint density at radius 3 is 2.71 bits per heavy atom. The second-order valence-corrected chi connectivity index (χ2v) is 5.47. The van der Waals surface area contributed by atoms with E-state index in [-0.39, 0.29) is 5.82 Å². The zero-order valence-electron chi connectivity index (χ0n) is 12.1. The molecule has 108 valence electrons. The lowest BCUT2D eigenvalue weighted by Gasteiger charge is -2.14. The van der Waals surface area contributed by atoms with Gasteiger partial charge in [-0.25, -0.2) is 4.39 Å². The Morgan fingerprint density at radius 2 is 1.90 bits per heavy atom. The van der Waals surface area contributed by atoms with E-state index >= 15 is 0 Å². The Labute approximate surface area is 124 Å². The average molecular weight is 282 g/mol. The zero-order valence-corrected chi connectivity index (χ0v) is 12.1. The first-order valence-corrected chi connectivity index (χ1v) is 7.25. The van der Waals surface area contributed by atoms with Crippen molar-refractivity contribution in [3.63, 3.8) is 0 Å². The van der Waals surface area contributed by atoms with Gasteiger partial charge in [-0.05, 0) is 48.7 Å². The molecule has 3 heteroatoms.